The number of nitrogens with zero attached hydrogens (tertiary/aromatic N) is 2. The van der Waals surface area contributed by atoms with E-state index in [1.54, 1.807) is 12.4 Å². The SMILES string of the molecule is C.CCCCC(=O)OCC(COC(=O)CCC(=O)CC(CC1=CN=CC1)C(=O)O)OC(=O)CCC.CCCCCC(=O)OC(COC(=O)CCCC)COC(=O)C(Cc1cnc[nH]1)NC(=O)CCC(=O)O. The number of carboxylic acid groups (broad SMARTS) is 2. The van der Waals surface area contributed by atoms with E-state index in [2.05, 4.69) is 20.3 Å². The van der Waals surface area contributed by atoms with Crippen molar-refractivity contribution in [1.82, 2.24) is 15.3 Å². The third-order valence-corrected chi connectivity index (χ3v) is 10.0. The third kappa shape index (κ3) is 32.9. The molecule has 1 aliphatic rings. The molecule has 1 amide bonds. The Kier molecular flexibility index (Phi) is 35.7. The van der Waals surface area contributed by atoms with Crippen LogP contribution in [0.2, 0.25) is 0 Å². The van der Waals surface area contributed by atoms with Crippen LogP contribution in [0, 0.1) is 5.92 Å². The molecule has 1 aliphatic heterocycles. The van der Waals surface area contributed by atoms with Gasteiger partial charge in [0, 0.05) is 82.1 Å². The van der Waals surface area contributed by atoms with Crippen LogP contribution in [0.3, 0.4) is 0 Å². The Hall–Kier alpha value is -6.48. The number of hydrogen-bond acceptors (Lipinski definition) is 18. The second kappa shape index (κ2) is 39.3. The molecule has 0 fully saturated rings. The number of imidazole rings is 1. The molecule has 0 saturated carbocycles. The van der Waals surface area contributed by atoms with Gasteiger partial charge in [-0.1, -0.05) is 60.8 Å². The number of Topliss-reactive ketones (excluding diaryl/α,β-unsaturated/α-hetero) is 1. The smallest absolute Gasteiger partial charge is 0.329 e. The number of allylic oxidation sites excluding steroid dienone is 1. The fourth-order valence-electron chi connectivity index (χ4n) is 6.13. The summed E-state index contributed by atoms with van der Waals surface area (Å²) in [6.07, 6.45) is 10.6. The molecule has 0 aromatic carbocycles. The number of aromatic amines is 1. The first-order valence-corrected chi connectivity index (χ1v) is 23.9. The van der Waals surface area contributed by atoms with Crippen LogP contribution in [0.1, 0.15) is 163 Å². The molecule has 1 aromatic rings. The number of hydrogen-bond donors (Lipinski definition) is 4. The quantitative estimate of drug-likeness (QED) is 0.0344. The second-order valence-corrected chi connectivity index (χ2v) is 16.4. The van der Waals surface area contributed by atoms with Gasteiger partial charge in [0.15, 0.2) is 12.2 Å². The summed E-state index contributed by atoms with van der Waals surface area (Å²) >= 11 is 0. The molecule has 4 N–H and O–H groups in total. The number of aromatic nitrogens is 2. The molecule has 4 unspecified atom stereocenters. The van der Waals surface area contributed by atoms with Gasteiger partial charge in [-0.05, 0) is 37.7 Å². The van der Waals surface area contributed by atoms with E-state index in [0.29, 0.717) is 37.8 Å². The number of aliphatic carboxylic acids is 2. The maximum absolute atomic E-state index is 12.8. The number of carboxylic acids is 2. The van der Waals surface area contributed by atoms with E-state index in [1.807, 2.05) is 27.7 Å². The van der Waals surface area contributed by atoms with E-state index in [0.717, 1.165) is 31.3 Å². The van der Waals surface area contributed by atoms with Gasteiger partial charge in [0.2, 0.25) is 5.91 Å². The molecule has 22 heteroatoms. The second-order valence-electron chi connectivity index (χ2n) is 16.4. The number of amides is 1. The largest absolute Gasteiger partial charge is 0.481 e. The summed E-state index contributed by atoms with van der Waals surface area (Å²) in [5.41, 5.74) is 1.39. The topological polar surface area (TPSA) is 320 Å². The maximum atomic E-state index is 12.8. The zero-order valence-corrected chi connectivity index (χ0v) is 40.9. The van der Waals surface area contributed by atoms with Crippen molar-refractivity contribution in [3.63, 3.8) is 0 Å². The lowest BCUT2D eigenvalue weighted by atomic mass is 9.92. The van der Waals surface area contributed by atoms with Gasteiger partial charge >= 0.3 is 47.8 Å². The minimum Gasteiger partial charge on any atom is -0.481 e. The summed E-state index contributed by atoms with van der Waals surface area (Å²) in [4.78, 5) is 130. The van der Waals surface area contributed by atoms with E-state index in [4.69, 9.17) is 33.5 Å². The van der Waals surface area contributed by atoms with Crippen LogP contribution in [0.5, 0.6) is 0 Å². The van der Waals surface area contributed by atoms with Crippen LogP contribution < -0.4 is 5.32 Å². The molecule has 400 valence electrons. The Morgan fingerprint density at radius 3 is 1.68 bits per heavy atom. The van der Waals surface area contributed by atoms with Crippen molar-refractivity contribution >= 4 is 65.7 Å². The van der Waals surface area contributed by atoms with Gasteiger partial charge in [0.25, 0.3) is 0 Å². The van der Waals surface area contributed by atoms with Crippen LogP contribution >= 0.6 is 0 Å². The predicted octanol–water partition coefficient (Wildman–Crippen LogP) is 5.87. The van der Waals surface area contributed by atoms with Gasteiger partial charge in [-0.3, -0.25) is 48.1 Å². The van der Waals surface area contributed by atoms with Crippen molar-refractivity contribution in [2.24, 2.45) is 10.9 Å². The lowest BCUT2D eigenvalue weighted by Gasteiger charge is -2.21. The van der Waals surface area contributed by atoms with E-state index >= 15 is 0 Å². The van der Waals surface area contributed by atoms with Crippen molar-refractivity contribution in [2.75, 3.05) is 26.4 Å². The van der Waals surface area contributed by atoms with Crippen molar-refractivity contribution in [2.45, 2.75) is 182 Å². The van der Waals surface area contributed by atoms with Gasteiger partial charge in [-0.15, -0.1) is 0 Å². The van der Waals surface area contributed by atoms with Crippen LogP contribution in [0.25, 0.3) is 0 Å². The van der Waals surface area contributed by atoms with E-state index in [1.165, 1.54) is 12.5 Å². The summed E-state index contributed by atoms with van der Waals surface area (Å²) < 4.78 is 31.3. The fourth-order valence-corrected chi connectivity index (χ4v) is 6.13. The summed E-state index contributed by atoms with van der Waals surface area (Å²) in [5.74, 6) is -7.47. The van der Waals surface area contributed by atoms with Gasteiger partial charge in [-0.2, -0.15) is 0 Å². The predicted molar refractivity (Wildman–Crippen MR) is 255 cm³/mol. The Balaban J connectivity index is 0.00000136. The number of ether oxygens (including phenoxy) is 6. The number of H-pyrrole nitrogens is 1. The molecular formula is C49H76N4O18. The van der Waals surface area contributed by atoms with Gasteiger partial charge < -0.3 is 48.9 Å². The number of ketones is 1. The zero-order valence-electron chi connectivity index (χ0n) is 40.9. The Labute approximate surface area is 415 Å². The highest BCUT2D eigenvalue weighted by molar-refractivity contribution is 5.87. The fraction of sp³-hybridized carbons (Fsp3) is 0.673. The lowest BCUT2D eigenvalue weighted by Crippen LogP contribution is -2.44. The highest BCUT2D eigenvalue weighted by Crippen LogP contribution is 2.22. The average Bonchev–Trinajstić information content (AvgIpc) is 4.05. The Morgan fingerprint density at radius 1 is 0.634 bits per heavy atom. The number of carbonyl (C=O) groups excluding carboxylic acids is 8. The molecule has 0 saturated heterocycles. The number of unbranched alkanes of at least 4 members (excludes halogenated alkanes) is 4. The standard InChI is InChI=1S/C24H37N3O9.C24H35NO9.CH4/c1-3-5-7-9-23(32)36-18(14-34-22(31)8-6-4-2)15-35-24(33)19(12-17-13-25-16-26-17)27-20(28)10-11-21(29)30;1-3-5-7-21(27)32-15-20(34-23(29)6-4-2)16-33-22(28)9-8-19(26)13-18(24(30)31)12-17-10-11-25-14-17;/h13,16,18-19H,3-12,14-15H2,1-2H3,(H,25,26)(H,27,28)(H,29,30);11,14,18,20H,3-10,12-13,15-16H2,1-2H3,(H,30,31);1H4. The average molecular weight is 1010 g/mol. The molecule has 2 rings (SSSR count). The highest BCUT2D eigenvalue weighted by Gasteiger charge is 2.28. The summed E-state index contributed by atoms with van der Waals surface area (Å²) in [7, 11) is 0. The first-order valence-electron chi connectivity index (χ1n) is 23.9. The van der Waals surface area contributed by atoms with Gasteiger partial charge in [0.1, 0.15) is 38.3 Å². The number of carbonyl (C=O) groups is 10. The van der Waals surface area contributed by atoms with Crippen LogP contribution in [0.15, 0.2) is 29.3 Å². The molecule has 22 nitrogen and oxygen atoms in total. The summed E-state index contributed by atoms with van der Waals surface area (Å²) in [6, 6.07) is -1.14. The minimum atomic E-state index is -1.14. The zero-order chi connectivity index (χ0) is 52.1. The Bertz CT molecular complexity index is 1860. The molecule has 71 heavy (non-hydrogen) atoms. The molecule has 4 atom stereocenters. The number of esters is 6. The molecule has 0 radical (unpaired) electrons. The van der Waals surface area contributed by atoms with Gasteiger partial charge in [0.05, 0.1) is 25.1 Å². The lowest BCUT2D eigenvalue weighted by molar-refractivity contribution is -0.167. The van der Waals surface area contributed by atoms with Crippen LogP contribution in [-0.2, 0) is 82.8 Å². The molecular weight excluding hydrogens is 933 g/mol. The number of rotatable bonds is 37. The van der Waals surface area contributed by atoms with Crippen molar-refractivity contribution in [1.29, 1.82) is 0 Å². The van der Waals surface area contributed by atoms with Crippen LogP contribution in [0.4, 0.5) is 0 Å². The van der Waals surface area contributed by atoms with E-state index in [-0.39, 0.29) is 104 Å². The molecule has 0 spiro atoms. The monoisotopic (exact) mass is 1010 g/mol. The first-order chi connectivity index (χ1) is 33.5. The van der Waals surface area contributed by atoms with Crippen LogP contribution in [-0.4, -0.2) is 131 Å². The highest BCUT2D eigenvalue weighted by atomic mass is 16.6. The molecule has 1 aromatic heterocycles. The van der Waals surface area contributed by atoms with Gasteiger partial charge in [-0.25, -0.2) is 9.78 Å². The van der Waals surface area contributed by atoms with Crippen molar-refractivity contribution in [3.8, 4) is 0 Å². The Morgan fingerprint density at radius 2 is 1.18 bits per heavy atom. The van der Waals surface area contributed by atoms with Crippen molar-refractivity contribution in [3.05, 3.63) is 30.0 Å². The molecule has 2 heterocycles. The number of aliphatic imine (C=N–C) groups is 1. The summed E-state index contributed by atoms with van der Waals surface area (Å²) in [6.45, 7) is 6.49. The normalized spacial score (nSPS) is 13.0. The minimum absolute atomic E-state index is 0. The summed E-state index contributed by atoms with van der Waals surface area (Å²) in [5, 5.41) is 20.6. The first kappa shape index (κ1) is 64.5. The molecule has 0 aliphatic carbocycles. The maximum Gasteiger partial charge on any atom is 0.329 e. The molecule has 0 bridgehead atoms. The number of nitrogens with one attached hydrogen (secondary N) is 2. The van der Waals surface area contributed by atoms with E-state index < -0.39 is 84.3 Å². The third-order valence-electron chi connectivity index (χ3n) is 10.0. The van der Waals surface area contributed by atoms with Crippen molar-refractivity contribution < 1.29 is 86.6 Å². The van der Waals surface area contributed by atoms with E-state index in [9.17, 15) is 53.1 Å².